The number of ether oxygens (including phenoxy) is 6. The Kier molecular flexibility index (Phi) is 9.52. The van der Waals surface area contributed by atoms with Gasteiger partial charge in [0.05, 0.1) is 11.0 Å². The number of benzene rings is 1. The quantitative estimate of drug-likeness (QED) is 0.221. The molecule has 13 nitrogen and oxygen atoms in total. The molecule has 1 spiro atoms. The van der Waals surface area contributed by atoms with Gasteiger partial charge in [0.2, 0.25) is 0 Å². The summed E-state index contributed by atoms with van der Waals surface area (Å²) in [7, 11) is 1.98. The third-order valence-corrected chi connectivity index (χ3v) is 9.45. The van der Waals surface area contributed by atoms with E-state index >= 15 is 0 Å². The van der Waals surface area contributed by atoms with Crippen LogP contribution in [0.4, 0.5) is 9.59 Å². The van der Waals surface area contributed by atoms with Gasteiger partial charge < -0.3 is 43.7 Å². The van der Waals surface area contributed by atoms with Gasteiger partial charge in [0, 0.05) is 18.0 Å². The molecule has 2 heterocycles. The number of hydrogen-bond donors (Lipinski definition) is 2. The number of piperidine rings is 1. The summed E-state index contributed by atoms with van der Waals surface area (Å²) in [6, 6.07) is 2.23. The van der Waals surface area contributed by atoms with Crippen LogP contribution < -0.4 is 14.8 Å². The summed E-state index contributed by atoms with van der Waals surface area (Å²) >= 11 is 0. The molecule has 4 aliphatic rings. The van der Waals surface area contributed by atoms with Crippen molar-refractivity contribution in [2.45, 2.75) is 135 Å². The molecule has 1 aromatic rings. The van der Waals surface area contributed by atoms with E-state index in [4.69, 9.17) is 28.4 Å². The zero-order chi connectivity index (χ0) is 36.3. The van der Waals surface area contributed by atoms with E-state index in [-0.39, 0.29) is 36.3 Å². The van der Waals surface area contributed by atoms with Gasteiger partial charge >= 0.3 is 24.2 Å². The summed E-state index contributed by atoms with van der Waals surface area (Å²) < 4.78 is 34.3. The summed E-state index contributed by atoms with van der Waals surface area (Å²) in [6.07, 6.45) is -0.857. The number of alkyl carbamates (subject to hydrolysis) is 1. The van der Waals surface area contributed by atoms with E-state index in [0.29, 0.717) is 25.1 Å². The monoisotopic (exact) mass is 686 g/mol. The van der Waals surface area contributed by atoms with Crippen LogP contribution in [-0.4, -0.2) is 88.9 Å². The maximum Gasteiger partial charge on any atom is 0.514 e. The Morgan fingerprint density at radius 2 is 1.69 bits per heavy atom. The van der Waals surface area contributed by atoms with Crippen LogP contribution >= 0.6 is 0 Å². The van der Waals surface area contributed by atoms with Crippen molar-refractivity contribution < 1.29 is 52.7 Å². The summed E-state index contributed by atoms with van der Waals surface area (Å²) in [5.41, 5.74) is -2.17. The van der Waals surface area contributed by atoms with E-state index in [9.17, 15) is 24.3 Å². The molecule has 1 amide bonds. The van der Waals surface area contributed by atoms with Crippen molar-refractivity contribution in [3.8, 4) is 11.5 Å². The summed E-state index contributed by atoms with van der Waals surface area (Å²) in [5.74, 6) is -1.05. The fourth-order valence-electron chi connectivity index (χ4n) is 7.51. The SMILES string of the molecule is CC(C)CC(NC(=O)OC(C)(C)C)C(=O)O[C@@H](C)C(=O)OC1=CC[C@@]2(O)[C@@H]3Cc4ccc(OC(=O)OC(C)(C)C)c5c4[C@@]2(CCN3C)[C@H]1O5. The Morgan fingerprint density at radius 3 is 2.33 bits per heavy atom. The number of likely N-dealkylation sites (N-methyl/N-ethyl adjacent to an activating group) is 1. The average molecular weight is 687 g/mol. The number of esters is 2. The molecule has 49 heavy (non-hydrogen) atoms. The van der Waals surface area contributed by atoms with Crippen LogP contribution in [0.25, 0.3) is 0 Å². The van der Waals surface area contributed by atoms with Gasteiger partial charge in [-0.05, 0) is 105 Å². The first-order chi connectivity index (χ1) is 22.6. The van der Waals surface area contributed by atoms with Gasteiger partial charge in [-0.15, -0.1) is 0 Å². The zero-order valence-electron chi connectivity index (χ0n) is 30.1. The molecule has 2 bridgehead atoms. The molecule has 6 atom stereocenters. The highest BCUT2D eigenvalue weighted by Gasteiger charge is 2.72. The Labute approximate surface area is 287 Å². The zero-order valence-corrected chi connectivity index (χ0v) is 30.1. The Hall–Kier alpha value is -3.84. The molecule has 270 valence electrons. The molecule has 1 fully saturated rings. The topological polar surface area (TPSA) is 159 Å². The van der Waals surface area contributed by atoms with Crippen LogP contribution in [0.1, 0.15) is 92.7 Å². The number of nitrogens with zero attached hydrogens (tertiary/aromatic N) is 1. The van der Waals surface area contributed by atoms with Crippen molar-refractivity contribution in [3.63, 3.8) is 0 Å². The second kappa shape index (κ2) is 12.8. The van der Waals surface area contributed by atoms with Crippen molar-refractivity contribution in [2.75, 3.05) is 13.6 Å². The first-order valence-electron chi connectivity index (χ1n) is 16.9. The number of nitrogens with one attached hydrogen (secondary N) is 1. The minimum atomic E-state index is -1.34. The number of carbonyl (C=O) groups is 4. The molecule has 1 aromatic carbocycles. The highest BCUT2D eigenvalue weighted by atomic mass is 16.7. The van der Waals surface area contributed by atoms with Gasteiger partial charge in [-0.25, -0.2) is 19.2 Å². The van der Waals surface area contributed by atoms with Crippen LogP contribution in [0.5, 0.6) is 11.5 Å². The fraction of sp³-hybridized carbons (Fsp3) is 0.667. The Bertz CT molecular complexity index is 1540. The number of aliphatic hydroxyl groups is 1. The minimum absolute atomic E-state index is 0.0178. The molecule has 2 N–H and O–H groups in total. The summed E-state index contributed by atoms with van der Waals surface area (Å²) in [4.78, 5) is 54.0. The van der Waals surface area contributed by atoms with Gasteiger partial charge in [0.15, 0.2) is 23.7 Å². The van der Waals surface area contributed by atoms with E-state index in [1.54, 1.807) is 53.7 Å². The number of carbonyl (C=O) groups excluding carboxylic acids is 4. The molecule has 0 radical (unpaired) electrons. The molecule has 0 saturated carbocycles. The molecule has 0 aromatic heterocycles. The maximum absolute atomic E-state index is 13.5. The highest BCUT2D eigenvalue weighted by molar-refractivity contribution is 5.85. The number of hydrogen-bond acceptors (Lipinski definition) is 12. The molecule has 2 aliphatic heterocycles. The molecular formula is C36H50N2O11. The Morgan fingerprint density at radius 1 is 1.02 bits per heavy atom. The lowest BCUT2D eigenvalue weighted by atomic mass is 9.50. The largest absolute Gasteiger partial charge is 0.514 e. The van der Waals surface area contributed by atoms with Crippen molar-refractivity contribution in [1.29, 1.82) is 0 Å². The molecule has 1 saturated heterocycles. The van der Waals surface area contributed by atoms with E-state index < -0.39 is 64.7 Å². The molecule has 2 aliphatic carbocycles. The fourth-order valence-corrected chi connectivity index (χ4v) is 7.51. The van der Waals surface area contributed by atoms with Crippen molar-refractivity contribution in [3.05, 3.63) is 35.1 Å². The molecule has 1 unspecified atom stereocenters. The number of rotatable bonds is 8. The lowest BCUT2D eigenvalue weighted by Crippen LogP contribution is -2.74. The average Bonchev–Trinajstić information content (AvgIpc) is 3.31. The van der Waals surface area contributed by atoms with Gasteiger partial charge in [0.1, 0.15) is 23.0 Å². The Balaban J connectivity index is 1.39. The van der Waals surface area contributed by atoms with Gasteiger partial charge in [-0.2, -0.15) is 0 Å². The van der Waals surface area contributed by atoms with Crippen LogP contribution in [0, 0.1) is 5.92 Å². The van der Waals surface area contributed by atoms with Crippen molar-refractivity contribution in [2.24, 2.45) is 5.92 Å². The smallest absolute Gasteiger partial charge is 0.477 e. The highest BCUT2D eigenvalue weighted by Crippen LogP contribution is 2.65. The molecule has 13 heteroatoms. The van der Waals surface area contributed by atoms with Crippen LogP contribution in [0.2, 0.25) is 0 Å². The second-order valence-electron chi connectivity index (χ2n) is 16.0. The van der Waals surface area contributed by atoms with Crippen LogP contribution in [0.3, 0.4) is 0 Å². The standard InChI is InChI=1S/C36H50N2O11/c1-19(2)17-22(37-31(41)48-33(4,5)6)30(40)44-20(3)29(39)45-24-13-14-36(43)25-18-21-11-12-23(46-32(42)49-34(7,8)9)27-26(21)35(36,28(24)47-27)15-16-38(25)10/h11-13,19-20,22,25,28,43H,14-18H2,1-10H3,(H,37,41)/t20-,22?,25-,28-,35-,36+/m0/s1. The van der Waals surface area contributed by atoms with E-state index in [1.807, 2.05) is 27.0 Å². The second-order valence-corrected chi connectivity index (χ2v) is 16.0. The first kappa shape index (κ1) is 36.4. The van der Waals surface area contributed by atoms with Gasteiger partial charge in [0.25, 0.3) is 0 Å². The van der Waals surface area contributed by atoms with Crippen molar-refractivity contribution >= 4 is 24.2 Å². The third kappa shape index (κ3) is 6.96. The number of likely N-dealkylation sites (tertiary alicyclic amines) is 1. The van der Waals surface area contributed by atoms with Crippen LogP contribution in [-0.2, 0) is 40.4 Å². The predicted octanol–water partition coefficient (Wildman–Crippen LogP) is 4.69. The van der Waals surface area contributed by atoms with E-state index in [2.05, 4.69) is 10.2 Å². The van der Waals surface area contributed by atoms with Crippen molar-refractivity contribution in [1.82, 2.24) is 10.2 Å². The maximum atomic E-state index is 13.5. The van der Waals surface area contributed by atoms with E-state index in [1.165, 1.54) is 6.92 Å². The summed E-state index contributed by atoms with van der Waals surface area (Å²) in [6.45, 7) is 16.1. The third-order valence-electron chi connectivity index (χ3n) is 9.45. The lowest BCUT2D eigenvalue weighted by molar-refractivity contribution is -0.176. The predicted molar refractivity (Wildman–Crippen MR) is 176 cm³/mol. The normalized spacial score (nSPS) is 26.7. The first-order valence-corrected chi connectivity index (χ1v) is 16.9. The van der Waals surface area contributed by atoms with Crippen LogP contribution in [0.15, 0.2) is 24.0 Å². The molecular weight excluding hydrogens is 636 g/mol. The lowest BCUT2D eigenvalue weighted by Gasteiger charge is -2.61. The van der Waals surface area contributed by atoms with Gasteiger partial charge in [-0.3, -0.25) is 0 Å². The number of amides is 1. The van der Waals surface area contributed by atoms with Gasteiger partial charge in [-0.1, -0.05) is 19.9 Å². The molecule has 5 rings (SSSR count). The van der Waals surface area contributed by atoms with E-state index in [0.717, 1.165) is 11.1 Å². The minimum Gasteiger partial charge on any atom is -0.477 e. The summed E-state index contributed by atoms with van der Waals surface area (Å²) in [5, 5.41) is 15.1.